The van der Waals surface area contributed by atoms with Gasteiger partial charge in [-0.1, -0.05) is 37.3 Å². The summed E-state index contributed by atoms with van der Waals surface area (Å²) in [5.74, 6) is 0.864. The van der Waals surface area contributed by atoms with Gasteiger partial charge in [-0.2, -0.15) is 0 Å². The van der Waals surface area contributed by atoms with Crippen LogP contribution in [0.25, 0.3) is 0 Å². The van der Waals surface area contributed by atoms with E-state index in [0.29, 0.717) is 17.9 Å². The summed E-state index contributed by atoms with van der Waals surface area (Å²) in [7, 11) is -0.886. The number of nitrogens with one attached hydrogen (secondary N) is 1. The first-order valence-electron chi connectivity index (χ1n) is 10.5. The van der Waals surface area contributed by atoms with Crippen molar-refractivity contribution in [2.24, 2.45) is 0 Å². The van der Waals surface area contributed by atoms with Crippen molar-refractivity contribution >= 4 is 21.6 Å². The van der Waals surface area contributed by atoms with Crippen molar-refractivity contribution in [1.29, 1.82) is 0 Å². The van der Waals surface area contributed by atoms with Gasteiger partial charge in [0, 0.05) is 0 Å². The predicted molar refractivity (Wildman–Crippen MR) is 128 cm³/mol. The van der Waals surface area contributed by atoms with Crippen LogP contribution in [0.4, 0.5) is 5.69 Å². The van der Waals surface area contributed by atoms with E-state index in [9.17, 15) is 13.2 Å². The van der Waals surface area contributed by atoms with Gasteiger partial charge in [0.25, 0.3) is 10.0 Å². The first kappa shape index (κ1) is 24.1. The Morgan fingerprint density at radius 3 is 1.94 bits per heavy atom. The molecule has 33 heavy (non-hydrogen) atoms. The SMILES string of the molecule is CC[C@H](NC(=O)CN(c1ccccc1)S(=O)(=O)c1ccc(OC)cc1)c1ccc(OC)cc1. The monoisotopic (exact) mass is 468 g/mol. The zero-order chi connectivity index (χ0) is 23.8. The fraction of sp³-hybridized carbons (Fsp3) is 0.240. The molecule has 0 unspecified atom stereocenters. The average molecular weight is 469 g/mol. The molecule has 0 saturated heterocycles. The number of hydrogen-bond acceptors (Lipinski definition) is 5. The summed E-state index contributed by atoms with van der Waals surface area (Å²) < 4.78 is 38.3. The molecule has 1 atom stereocenters. The van der Waals surface area contributed by atoms with Crippen molar-refractivity contribution in [1.82, 2.24) is 5.32 Å². The number of benzene rings is 3. The van der Waals surface area contributed by atoms with Crippen LogP contribution in [-0.2, 0) is 14.8 Å². The predicted octanol–water partition coefficient (Wildman–Crippen LogP) is 4.17. The lowest BCUT2D eigenvalue weighted by molar-refractivity contribution is -0.120. The first-order valence-corrected chi connectivity index (χ1v) is 12.0. The second-order valence-corrected chi connectivity index (χ2v) is 9.19. The van der Waals surface area contributed by atoms with Crippen LogP contribution < -0.4 is 19.1 Å². The Morgan fingerprint density at radius 1 is 0.879 bits per heavy atom. The molecule has 0 fully saturated rings. The smallest absolute Gasteiger partial charge is 0.264 e. The summed E-state index contributed by atoms with van der Waals surface area (Å²) in [6, 6.07) is 21.8. The van der Waals surface area contributed by atoms with Crippen molar-refractivity contribution in [3.63, 3.8) is 0 Å². The maximum atomic E-state index is 13.5. The molecule has 0 bridgehead atoms. The number of sulfonamides is 1. The van der Waals surface area contributed by atoms with E-state index in [2.05, 4.69) is 5.32 Å². The van der Waals surface area contributed by atoms with Crippen molar-refractivity contribution in [3.05, 3.63) is 84.4 Å². The van der Waals surface area contributed by atoms with Crippen LogP contribution in [0.2, 0.25) is 0 Å². The van der Waals surface area contributed by atoms with Gasteiger partial charge in [-0.05, 0) is 60.5 Å². The molecule has 0 aliphatic heterocycles. The highest BCUT2D eigenvalue weighted by Gasteiger charge is 2.28. The summed E-state index contributed by atoms with van der Waals surface area (Å²) in [6.45, 7) is 1.60. The number of hydrogen-bond donors (Lipinski definition) is 1. The number of carbonyl (C=O) groups is 1. The molecule has 0 spiro atoms. The second-order valence-electron chi connectivity index (χ2n) is 7.32. The minimum atomic E-state index is -3.99. The van der Waals surface area contributed by atoms with E-state index in [1.54, 1.807) is 49.6 Å². The molecule has 0 aliphatic rings. The summed E-state index contributed by atoms with van der Waals surface area (Å²) in [4.78, 5) is 13.1. The van der Waals surface area contributed by atoms with Crippen LogP contribution in [0, 0.1) is 0 Å². The number of carbonyl (C=O) groups excluding carboxylic acids is 1. The van der Waals surface area contributed by atoms with E-state index < -0.39 is 15.9 Å². The van der Waals surface area contributed by atoms with Crippen LogP contribution in [0.5, 0.6) is 11.5 Å². The molecule has 0 heterocycles. The van der Waals surface area contributed by atoms with E-state index >= 15 is 0 Å². The molecular formula is C25H28N2O5S. The summed E-state index contributed by atoms with van der Waals surface area (Å²) in [6.07, 6.45) is 0.647. The van der Waals surface area contributed by atoms with E-state index in [1.807, 2.05) is 31.2 Å². The Kier molecular flexibility index (Phi) is 7.95. The second kappa shape index (κ2) is 10.9. The lowest BCUT2D eigenvalue weighted by Gasteiger charge is -2.25. The first-order chi connectivity index (χ1) is 15.9. The molecular weight excluding hydrogens is 440 g/mol. The molecule has 0 radical (unpaired) electrons. The summed E-state index contributed by atoms with van der Waals surface area (Å²) in [5.41, 5.74) is 1.32. The fourth-order valence-electron chi connectivity index (χ4n) is 3.41. The molecule has 0 saturated carbocycles. The number of ether oxygens (including phenoxy) is 2. The highest BCUT2D eigenvalue weighted by Crippen LogP contribution is 2.25. The van der Waals surface area contributed by atoms with Crippen LogP contribution in [0.3, 0.4) is 0 Å². The maximum absolute atomic E-state index is 13.5. The van der Waals surface area contributed by atoms with Crippen LogP contribution in [-0.4, -0.2) is 35.1 Å². The number of nitrogens with zero attached hydrogens (tertiary/aromatic N) is 1. The fourth-order valence-corrected chi connectivity index (χ4v) is 4.83. The highest BCUT2D eigenvalue weighted by atomic mass is 32.2. The molecule has 0 aromatic heterocycles. The Balaban J connectivity index is 1.86. The molecule has 1 N–H and O–H groups in total. The van der Waals surface area contributed by atoms with E-state index in [4.69, 9.17) is 9.47 Å². The Bertz CT molecular complexity index is 1150. The normalized spacial score (nSPS) is 12.0. The van der Waals surface area contributed by atoms with Gasteiger partial charge in [-0.25, -0.2) is 8.42 Å². The Hall–Kier alpha value is -3.52. The minimum Gasteiger partial charge on any atom is -0.497 e. The van der Waals surface area contributed by atoms with Gasteiger partial charge < -0.3 is 14.8 Å². The van der Waals surface area contributed by atoms with Gasteiger partial charge in [-0.3, -0.25) is 9.10 Å². The number of amides is 1. The number of rotatable bonds is 10. The zero-order valence-corrected chi connectivity index (χ0v) is 19.7. The summed E-state index contributed by atoms with van der Waals surface area (Å²) in [5, 5.41) is 2.96. The third-order valence-corrected chi connectivity index (χ3v) is 7.03. The van der Waals surface area contributed by atoms with Crippen molar-refractivity contribution in [3.8, 4) is 11.5 Å². The van der Waals surface area contributed by atoms with E-state index in [0.717, 1.165) is 15.6 Å². The average Bonchev–Trinajstić information content (AvgIpc) is 2.86. The molecule has 0 aliphatic carbocycles. The topological polar surface area (TPSA) is 84.9 Å². The zero-order valence-electron chi connectivity index (χ0n) is 18.9. The van der Waals surface area contributed by atoms with Gasteiger partial charge in [-0.15, -0.1) is 0 Å². The molecule has 174 valence electrons. The van der Waals surface area contributed by atoms with Crippen molar-refractivity contribution in [2.75, 3.05) is 25.1 Å². The largest absolute Gasteiger partial charge is 0.497 e. The van der Waals surface area contributed by atoms with E-state index in [1.165, 1.54) is 19.2 Å². The van der Waals surface area contributed by atoms with Crippen LogP contribution in [0.1, 0.15) is 24.9 Å². The van der Waals surface area contributed by atoms with Gasteiger partial charge in [0.05, 0.1) is 30.8 Å². The van der Waals surface area contributed by atoms with Crippen LogP contribution >= 0.6 is 0 Å². The highest BCUT2D eigenvalue weighted by molar-refractivity contribution is 7.92. The minimum absolute atomic E-state index is 0.0714. The molecule has 8 heteroatoms. The Morgan fingerprint density at radius 2 is 1.42 bits per heavy atom. The third kappa shape index (κ3) is 5.84. The standard InChI is InChI=1S/C25H28N2O5S/c1-4-24(19-10-12-21(31-2)13-11-19)26-25(28)18-27(20-8-6-5-7-9-20)33(29,30)23-16-14-22(32-3)15-17-23/h5-17,24H,4,18H2,1-3H3,(H,26,28)/t24-/m0/s1. The van der Waals surface area contributed by atoms with Crippen molar-refractivity contribution < 1.29 is 22.7 Å². The number of anilines is 1. The lowest BCUT2D eigenvalue weighted by Crippen LogP contribution is -2.42. The van der Waals surface area contributed by atoms with Gasteiger partial charge in [0.15, 0.2) is 0 Å². The lowest BCUT2D eigenvalue weighted by atomic mass is 10.0. The molecule has 3 rings (SSSR count). The quantitative estimate of drug-likeness (QED) is 0.483. The number of para-hydroxylation sites is 1. The maximum Gasteiger partial charge on any atom is 0.264 e. The molecule has 3 aromatic carbocycles. The summed E-state index contributed by atoms with van der Waals surface area (Å²) >= 11 is 0. The molecule has 1 amide bonds. The van der Waals surface area contributed by atoms with Crippen LogP contribution in [0.15, 0.2) is 83.8 Å². The van der Waals surface area contributed by atoms with Crippen molar-refractivity contribution in [2.45, 2.75) is 24.3 Å². The van der Waals surface area contributed by atoms with Gasteiger partial charge in [0.2, 0.25) is 5.91 Å². The number of methoxy groups -OCH3 is 2. The van der Waals surface area contributed by atoms with E-state index in [-0.39, 0.29) is 17.5 Å². The van der Waals surface area contributed by atoms with Gasteiger partial charge >= 0.3 is 0 Å². The Labute approximate surface area is 195 Å². The molecule has 3 aromatic rings. The third-order valence-electron chi connectivity index (χ3n) is 5.24. The van der Waals surface area contributed by atoms with Gasteiger partial charge in [0.1, 0.15) is 18.0 Å². The molecule has 7 nitrogen and oxygen atoms in total.